The predicted molar refractivity (Wildman–Crippen MR) is 132 cm³/mol. The zero-order chi connectivity index (χ0) is 24.9. The number of amides is 1. The Hall–Kier alpha value is -2.95. The number of hydrogen-bond acceptors (Lipinski definition) is 6. The van der Waals surface area contributed by atoms with E-state index in [1.807, 2.05) is 6.26 Å². The molecule has 1 amide bonds. The molecule has 0 fully saturated rings. The minimum atomic E-state index is -4.20. The number of halogens is 2. The molecule has 0 saturated heterocycles. The zero-order valence-electron chi connectivity index (χ0n) is 18.5. The van der Waals surface area contributed by atoms with E-state index in [-0.39, 0.29) is 27.0 Å². The fourth-order valence-electron chi connectivity index (χ4n) is 3.10. The molecular formula is C23H22ClFN2O5S2. The van der Waals surface area contributed by atoms with Crippen molar-refractivity contribution in [3.8, 4) is 11.5 Å². The first-order valence-corrected chi connectivity index (χ1v) is 12.9. The van der Waals surface area contributed by atoms with Crippen LogP contribution in [-0.4, -0.2) is 41.3 Å². The van der Waals surface area contributed by atoms with Gasteiger partial charge in [0, 0.05) is 17.0 Å². The fraction of sp³-hybridized carbons (Fsp3) is 0.174. The molecule has 0 aliphatic carbocycles. The summed E-state index contributed by atoms with van der Waals surface area (Å²) in [6.07, 6.45) is 1.87. The molecular weight excluding hydrogens is 503 g/mol. The second-order valence-electron chi connectivity index (χ2n) is 6.90. The van der Waals surface area contributed by atoms with E-state index >= 15 is 0 Å². The van der Waals surface area contributed by atoms with Crippen molar-refractivity contribution in [2.75, 3.05) is 36.6 Å². The van der Waals surface area contributed by atoms with Gasteiger partial charge in [-0.1, -0.05) is 17.7 Å². The Morgan fingerprint density at radius 2 is 1.74 bits per heavy atom. The van der Waals surface area contributed by atoms with Gasteiger partial charge >= 0.3 is 0 Å². The molecule has 1 N–H and O–H groups in total. The third-order valence-corrected chi connectivity index (χ3v) is 7.61. The molecule has 0 atom stereocenters. The van der Waals surface area contributed by atoms with Crippen molar-refractivity contribution in [2.45, 2.75) is 9.79 Å². The Labute approximate surface area is 206 Å². The van der Waals surface area contributed by atoms with E-state index < -0.39 is 28.3 Å². The van der Waals surface area contributed by atoms with Crippen LogP contribution in [0.5, 0.6) is 11.5 Å². The maximum absolute atomic E-state index is 14.0. The summed E-state index contributed by atoms with van der Waals surface area (Å²) >= 11 is 7.56. The summed E-state index contributed by atoms with van der Waals surface area (Å²) in [5.74, 6) is -0.774. The normalized spacial score (nSPS) is 11.1. The standard InChI is InChI=1S/C23H22ClFN2O5S2/c1-31-21-13-20(22(32-2)12-19(21)24)26-23(28)14-27(16-6-4-5-15(25)11-16)34(29,30)18-9-7-17(33-3)8-10-18/h4-13H,14H2,1-3H3,(H,26,28). The van der Waals surface area contributed by atoms with E-state index in [0.29, 0.717) is 5.75 Å². The number of carbonyl (C=O) groups is 1. The summed E-state index contributed by atoms with van der Waals surface area (Å²) in [7, 11) is -1.38. The number of nitrogens with zero attached hydrogens (tertiary/aromatic N) is 1. The van der Waals surface area contributed by atoms with Crippen LogP contribution in [0.25, 0.3) is 0 Å². The number of nitrogens with one attached hydrogen (secondary N) is 1. The lowest BCUT2D eigenvalue weighted by atomic mass is 10.2. The maximum atomic E-state index is 14.0. The quantitative estimate of drug-likeness (QED) is 0.394. The van der Waals surface area contributed by atoms with Gasteiger partial charge in [0.25, 0.3) is 10.0 Å². The summed E-state index contributed by atoms with van der Waals surface area (Å²) in [5, 5.41) is 2.89. The predicted octanol–water partition coefficient (Wildman–Crippen LogP) is 5.05. The van der Waals surface area contributed by atoms with Crippen molar-refractivity contribution in [2.24, 2.45) is 0 Å². The molecule has 0 aliphatic heterocycles. The Morgan fingerprint density at radius 3 is 2.32 bits per heavy atom. The van der Waals surface area contributed by atoms with Crippen LogP contribution in [0.1, 0.15) is 0 Å². The smallest absolute Gasteiger partial charge is 0.264 e. The van der Waals surface area contributed by atoms with Gasteiger partial charge in [0.2, 0.25) is 5.91 Å². The molecule has 0 aromatic heterocycles. The van der Waals surface area contributed by atoms with E-state index in [2.05, 4.69) is 5.32 Å². The molecule has 0 aliphatic rings. The van der Waals surface area contributed by atoms with Gasteiger partial charge in [-0.3, -0.25) is 9.10 Å². The van der Waals surface area contributed by atoms with Gasteiger partial charge < -0.3 is 14.8 Å². The first kappa shape index (κ1) is 25.7. The molecule has 34 heavy (non-hydrogen) atoms. The van der Waals surface area contributed by atoms with E-state index in [9.17, 15) is 17.6 Å². The second kappa shape index (κ2) is 11.0. The van der Waals surface area contributed by atoms with Crippen molar-refractivity contribution in [1.29, 1.82) is 0 Å². The van der Waals surface area contributed by atoms with Gasteiger partial charge in [0.15, 0.2) is 0 Å². The molecule has 3 aromatic carbocycles. The Balaban J connectivity index is 1.97. The lowest BCUT2D eigenvalue weighted by Gasteiger charge is -2.24. The van der Waals surface area contributed by atoms with Gasteiger partial charge in [0.05, 0.1) is 35.5 Å². The number of ether oxygens (including phenoxy) is 2. The summed E-state index contributed by atoms with van der Waals surface area (Å²) in [5.41, 5.74) is 0.236. The average molecular weight is 525 g/mol. The van der Waals surface area contributed by atoms with Gasteiger partial charge in [-0.25, -0.2) is 12.8 Å². The number of rotatable bonds is 9. The molecule has 3 rings (SSSR count). The van der Waals surface area contributed by atoms with Crippen molar-refractivity contribution in [3.05, 3.63) is 71.5 Å². The van der Waals surface area contributed by atoms with Gasteiger partial charge in [-0.2, -0.15) is 0 Å². The maximum Gasteiger partial charge on any atom is 0.264 e. The minimum Gasteiger partial charge on any atom is -0.495 e. The lowest BCUT2D eigenvalue weighted by molar-refractivity contribution is -0.114. The molecule has 0 unspecified atom stereocenters. The summed E-state index contributed by atoms with van der Waals surface area (Å²) in [4.78, 5) is 13.8. The Bertz CT molecular complexity index is 1290. The third kappa shape index (κ3) is 5.75. The third-order valence-electron chi connectivity index (χ3n) is 4.78. The SMILES string of the molecule is COc1cc(NC(=O)CN(c2cccc(F)c2)S(=O)(=O)c2ccc(SC)cc2)c(OC)cc1Cl. The first-order valence-electron chi connectivity index (χ1n) is 9.83. The number of anilines is 2. The molecule has 0 heterocycles. The fourth-order valence-corrected chi connectivity index (χ4v) is 5.15. The summed E-state index contributed by atoms with van der Waals surface area (Å²) in [6, 6.07) is 14.1. The number of hydrogen-bond donors (Lipinski definition) is 1. The average Bonchev–Trinajstić information content (AvgIpc) is 2.83. The Morgan fingerprint density at radius 1 is 1.06 bits per heavy atom. The molecule has 3 aromatic rings. The van der Waals surface area contributed by atoms with Gasteiger partial charge in [-0.15, -0.1) is 11.8 Å². The molecule has 0 radical (unpaired) electrons. The topological polar surface area (TPSA) is 84.9 Å². The van der Waals surface area contributed by atoms with E-state index in [1.165, 1.54) is 68.4 Å². The van der Waals surface area contributed by atoms with Crippen molar-refractivity contribution >= 4 is 50.7 Å². The first-order chi connectivity index (χ1) is 16.2. The van der Waals surface area contributed by atoms with E-state index in [1.54, 1.807) is 12.1 Å². The highest BCUT2D eigenvalue weighted by molar-refractivity contribution is 7.98. The monoisotopic (exact) mass is 524 g/mol. The number of thioether (sulfide) groups is 1. The lowest BCUT2D eigenvalue weighted by Crippen LogP contribution is -2.38. The molecule has 180 valence electrons. The van der Waals surface area contributed by atoms with Crippen LogP contribution in [0.15, 0.2) is 70.5 Å². The second-order valence-corrected chi connectivity index (χ2v) is 10.1. The Kier molecular flexibility index (Phi) is 8.29. The van der Waals surface area contributed by atoms with Crippen LogP contribution < -0.4 is 19.1 Å². The van der Waals surface area contributed by atoms with Crippen molar-refractivity contribution in [1.82, 2.24) is 0 Å². The summed E-state index contributed by atoms with van der Waals surface area (Å²) < 4.78 is 52.1. The van der Waals surface area contributed by atoms with Crippen LogP contribution in [0.4, 0.5) is 15.8 Å². The number of benzene rings is 3. The van der Waals surface area contributed by atoms with Crippen LogP contribution >= 0.6 is 23.4 Å². The van der Waals surface area contributed by atoms with Crippen LogP contribution in [-0.2, 0) is 14.8 Å². The largest absolute Gasteiger partial charge is 0.495 e. The molecule has 0 bridgehead atoms. The van der Waals surface area contributed by atoms with E-state index in [4.69, 9.17) is 21.1 Å². The molecule has 11 heteroatoms. The molecule has 7 nitrogen and oxygen atoms in total. The zero-order valence-corrected chi connectivity index (χ0v) is 20.9. The highest BCUT2D eigenvalue weighted by atomic mass is 35.5. The van der Waals surface area contributed by atoms with E-state index in [0.717, 1.165) is 15.3 Å². The van der Waals surface area contributed by atoms with Crippen LogP contribution in [0.2, 0.25) is 5.02 Å². The molecule has 0 saturated carbocycles. The molecule has 0 spiro atoms. The minimum absolute atomic E-state index is 0.00439. The number of sulfonamides is 1. The van der Waals surface area contributed by atoms with Crippen LogP contribution in [0.3, 0.4) is 0 Å². The summed E-state index contributed by atoms with van der Waals surface area (Å²) in [6.45, 7) is -0.621. The van der Waals surface area contributed by atoms with Crippen molar-refractivity contribution in [3.63, 3.8) is 0 Å². The number of methoxy groups -OCH3 is 2. The highest BCUT2D eigenvalue weighted by Gasteiger charge is 2.28. The van der Waals surface area contributed by atoms with Gasteiger partial charge in [-0.05, 0) is 48.7 Å². The van der Waals surface area contributed by atoms with Crippen LogP contribution in [0, 0.1) is 5.82 Å². The van der Waals surface area contributed by atoms with Crippen molar-refractivity contribution < 1.29 is 27.1 Å². The number of carbonyl (C=O) groups excluding carboxylic acids is 1. The van der Waals surface area contributed by atoms with Gasteiger partial charge in [0.1, 0.15) is 23.9 Å². The highest BCUT2D eigenvalue weighted by Crippen LogP contribution is 2.36.